The first-order valence-corrected chi connectivity index (χ1v) is 8.62. The number of carbonyl (C=O) groups excluding carboxylic acids is 2. The molecule has 4 nitrogen and oxygen atoms in total. The van der Waals surface area contributed by atoms with Gasteiger partial charge in [-0.05, 0) is 55.0 Å². The van der Waals surface area contributed by atoms with Gasteiger partial charge in [0.15, 0.2) is 5.78 Å². The van der Waals surface area contributed by atoms with Crippen molar-refractivity contribution in [2.24, 2.45) is 0 Å². The van der Waals surface area contributed by atoms with Crippen LogP contribution in [0.1, 0.15) is 21.5 Å². The molecule has 0 aromatic heterocycles. The second kappa shape index (κ2) is 8.63. The van der Waals surface area contributed by atoms with Crippen LogP contribution in [0.15, 0.2) is 84.9 Å². The molecule has 0 aliphatic heterocycles. The summed E-state index contributed by atoms with van der Waals surface area (Å²) in [6, 6.07) is 23.6. The van der Waals surface area contributed by atoms with Crippen LogP contribution in [0, 0.1) is 6.92 Å². The van der Waals surface area contributed by atoms with Gasteiger partial charge in [-0.3, -0.25) is 4.79 Å². The Hall–Kier alpha value is -3.66. The van der Waals surface area contributed by atoms with Crippen LogP contribution in [0.25, 0.3) is 6.08 Å². The van der Waals surface area contributed by atoms with Gasteiger partial charge in [0.25, 0.3) is 0 Å². The van der Waals surface area contributed by atoms with Crippen molar-refractivity contribution in [2.45, 2.75) is 6.92 Å². The number of hydrogen-bond donors (Lipinski definition) is 2. The summed E-state index contributed by atoms with van der Waals surface area (Å²) in [6.07, 6.45) is 3.34. The maximum Gasteiger partial charge on any atom is 0.323 e. The number of amides is 2. The van der Waals surface area contributed by atoms with Crippen LogP contribution in [0.5, 0.6) is 0 Å². The molecule has 0 heterocycles. The summed E-state index contributed by atoms with van der Waals surface area (Å²) in [4.78, 5) is 24.3. The quantitative estimate of drug-likeness (QED) is 0.466. The van der Waals surface area contributed by atoms with Gasteiger partial charge in [0, 0.05) is 16.9 Å². The van der Waals surface area contributed by atoms with Crippen molar-refractivity contribution < 1.29 is 9.59 Å². The Labute approximate surface area is 158 Å². The van der Waals surface area contributed by atoms with Crippen molar-refractivity contribution in [3.63, 3.8) is 0 Å². The molecule has 27 heavy (non-hydrogen) atoms. The van der Waals surface area contributed by atoms with Crippen molar-refractivity contribution in [2.75, 3.05) is 10.6 Å². The van der Waals surface area contributed by atoms with E-state index in [1.54, 1.807) is 36.4 Å². The van der Waals surface area contributed by atoms with Crippen molar-refractivity contribution in [1.29, 1.82) is 0 Å². The summed E-state index contributed by atoms with van der Waals surface area (Å²) in [6.45, 7) is 2.02. The van der Waals surface area contributed by atoms with Gasteiger partial charge >= 0.3 is 6.03 Å². The van der Waals surface area contributed by atoms with Gasteiger partial charge < -0.3 is 10.6 Å². The Morgan fingerprint density at radius 1 is 0.741 bits per heavy atom. The third-order valence-electron chi connectivity index (χ3n) is 3.96. The first-order chi connectivity index (χ1) is 13.1. The first kappa shape index (κ1) is 18.1. The normalized spacial score (nSPS) is 10.6. The van der Waals surface area contributed by atoms with Gasteiger partial charge in [-0.15, -0.1) is 0 Å². The van der Waals surface area contributed by atoms with Crippen molar-refractivity contribution in [3.8, 4) is 0 Å². The predicted molar refractivity (Wildman–Crippen MR) is 110 cm³/mol. The number of para-hydroxylation sites is 1. The van der Waals surface area contributed by atoms with Crippen LogP contribution in [-0.2, 0) is 0 Å². The molecular formula is C23H20N2O2. The van der Waals surface area contributed by atoms with Gasteiger partial charge in [0.05, 0.1) is 0 Å². The highest BCUT2D eigenvalue weighted by atomic mass is 16.2. The second-order valence-electron chi connectivity index (χ2n) is 6.13. The summed E-state index contributed by atoms with van der Waals surface area (Å²) in [5.41, 5.74) is 4.04. The Morgan fingerprint density at radius 2 is 1.33 bits per heavy atom. The van der Waals surface area contributed by atoms with E-state index in [0.717, 1.165) is 5.56 Å². The summed E-state index contributed by atoms with van der Waals surface area (Å²) in [7, 11) is 0. The number of allylic oxidation sites excluding steroid dienone is 1. The number of rotatable bonds is 5. The number of hydrogen-bond acceptors (Lipinski definition) is 2. The molecule has 0 atom stereocenters. The largest absolute Gasteiger partial charge is 0.323 e. The summed E-state index contributed by atoms with van der Waals surface area (Å²) >= 11 is 0. The number of urea groups is 1. The molecule has 0 aliphatic rings. The summed E-state index contributed by atoms with van der Waals surface area (Å²) in [5, 5.41) is 5.48. The lowest BCUT2D eigenvalue weighted by atomic mass is 10.1. The molecule has 0 saturated carbocycles. The standard InChI is InChI=1S/C23H20N2O2/c1-17-7-9-18(10-8-17)11-16-22(26)19-12-14-21(15-13-19)25-23(27)24-20-5-3-2-4-6-20/h2-16H,1H3,(H2,24,25,27)/b16-11+. The minimum Gasteiger partial charge on any atom is -0.308 e. The minimum atomic E-state index is -0.334. The van der Waals surface area contributed by atoms with Crippen molar-refractivity contribution in [3.05, 3.63) is 102 Å². The van der Waals surface area contributed by atoms with Crippen LogP contribution >= 0.6 is 0 Å². The van der Waals surface area contributed by atoms with Crippen LogP contribution in [-0.4, -0.2) is 11.8 Å². The van der Waals surface area contributed by atoms with E-state index in [4.69, 9.17) is 0 Å². The fourth-order valence-electron chi connectivity index (χ4n) is 2.48. The molecule has 0 spiro atoms. The molecule has 2 N–H and O–H groups in total. The third kappa shape index (κ3) is 5.41. The smallest absolute Gasteiger partial charge is 0.308 e. The summed E-state index contributed by atoms with van der Waals surface area (Å²) in [5.74, 6) is -0.0872. The van der Waals surface area contributed by atoms with Gasteiger partial charge in [-0.2, -0.15) is 0 Å². The maximum absolute atomic E-state index is 12.3. The molecule has 3 aromatic carbocycles. The molecule has 0 fully saturated rings. The van der Waals surface area contributed by atoms with E-state index in [9.17, 15) is 9.59 Å². The molecule has 0 unspecified atom stereocenters. The lowest BCUT2D eigenvalue weighted by molar-refractivity contribution is 0.104. The van der Waals surface area contributed by atoms with Crippen molar-refractivity contribution >= 4 is 29.3 Å². The van der Waals surface area contributed by atoms with Crippen LogP contribution < -0.4 is 10.6 Å². The Bertz CT molecular complexity index is 944. The van der Waals surface area contributed by atoms with Gasteiger partial charge in [-0.25, -0.2) is 4.79 Å². The average Bonchev–Trinajstić information content (AvgIpc) is 2.68. The number of ketones is 1. The number of anilines is 2. The highest BCUT2D eigenvalue weighted by molar-refractivity contribution is 6.07. The SMILES string of the molecule is Cc1ccc(/C=C/C(=O)c2ccc(NC(=O)Nc3ccccc3)cc2)cc1. The monoisotopic (exact) mass is 356 g/mol. The van der Waals surface area contributed by atoms with E-state index in [-0.39, 0.29) is 11.8 Å². The van der Waals surface area contributed by atoms with E-state index in [0.29, 0.717) is 16.9 Å². The van der Waals surface area contributed by atoms with Gasteiger partial charge in [0.2, 0.25) is 0 Å². The van der Waals surface area contributed by atoms with E-state index < -0.39 is 0 Å². The average molecular weight is 356 g/mol. The molecule has 2 amide bonds. The molecule has 134 valence electrons. The topological polar surface area (TPSA) is 58.2 Å². The number of nitrogens with one attached hydrogen (secondary N) is 2. The molecule has 0 bridgehead atoms. The molecule has 3 aromatic rings. The fourth-order valence-corrected chi connectivity index (χ4v) is 2.48. The van der Waals surface area contributed by atoms with Crippen LogP contribution in [0.2, 0.25) is 0 Å². The highest BCUT2D eigenvalue weighted by Crippen LogP contribution is 2.13. The summed E-state index contributed by atoms with van der Waals surface area (Å²) < 4.78 is 0. The highest BCUT2D eigenvalue weighted by Gasteiger charge is 2.05. The zero-order valence-corrected chi connectivity index (χ0v) is 15.0. The molecule has 4 heteroatoms. The minimum absolute atomic E-state index is 0.0872. The van der Waals surface area contributed by atoms with Gasteiger partial charge in [-0.1, -0.05) is 54.1 Å². The maximum atomic E-state index is 12.3. The van der Waals surface area contributed by atoms with E-state index in [1.165, 1.54) is 5.56 Å². The van der Waals surface area contributed by atoms with E-state index in [1.807, 2.05) is 61.5 Å². The van der Waals surface area contributed by atoms with E-state index >= 15 is 0 Å². The van der Waals surface area contributed by atoms with Crippen LogP contribution in [0.3, 0.4) is 0 Å². The van der Waals surface area contributed by atoms with Crippen LogP contribution in [0.4, 0.5) is 16.2 Å². The van der Waals surface area contributed by atoms with E-state index in [2.05, 4.69) is 10.6 Å². The number of benzene rings is 3. The second-order valence-corrected chi connectivity index (χ2v) is 6.13. The molecule has 0 saturated heterocycles. The van der Waals surface area contributed by atoms with Gasteiger partial charge in [0.1, 0.15) is 0 Å². The lowest BCUT2D eigenvalue weighted by Crippen LogP contribution is -2.19. The zero-order valence-electron chi connectivity index (χ0n) is 15.0. The number of aryl methyl sites for hydroxylation is 1. The molecule has 0 radical (unpaired) electrons. The molecule has 3 rings (SSSR count). The lowest BCUT2D eigenvalue weighted by Gasteiger charge is -2.07. The molecule has 0 aliphatic carbocycles. The Balaban J connectivity index is 1.58. The van der Waals surface area contributed by atoms with Crippen molar-refractivity contribution in [1.82, 2.24) is 0 Å². The Kier molecular flexibility index (Phi) is 5.80. The first-order valence-electron chi connectivity index (χ1n) is 8.62. The fraction of sp³-hybridized carbons (Fsp3) is 0.0435. The molecular weight excluding hydrogens is 336 g/mol. The third-order valence-corrected chi connectivity index (χ3v) is 3.96. The zero-order chi connectivity index (χ0) is 19.1. The predicted octanol–water partition coefficient (Wildman–Crippen LogP) is 5.54. The Morgan fingerprint density at radius 3 is 1.96 bits per heavy atom. The number of carbonyl (C=O) groups is 2.